The second kappa shape index (κ2) is 30.1. The number of hydrogen-bond donors (Lipinski definition) is 0. The van der Waals surface area contributed by atoms with Crippen molar-refractivity contribution in [3.63, 3.8) is 0 Å². The van der Waals surface area contributed by atoms with E-state index in [2.05, 4.69) is 117 Å². The average molecular weight is 728 g/mol. The number of unbranched alkanes of at least 4 members (excludes halogenated alkanes) is 18. The summed E-state index contributed by atoms with van der Waals surface area (Å²) in [7, 11) is -1.73. The molecule has 0 N–H and O–H groups in total. The average Bonchev–Trinajstić information content (AvgIpc) is 3.19. The van der Waals surface area contributed by atoms with Crippen molar-refractivity contribution in [1.29, 1.82) is 0 Å². The van der Waals surface area contributed by atoms with Crippen molar-refractivity contribution in [2.75, 3.05) is 19.4 Å². The maximum absolute atomic E-state index is 6.32. The van der Waals surface area contributed by atoms with E-state index in [9.17, 15) is 0 Å². The molecule has 288 valence electrons. The fourth-order valence-corrected chi connectivity index (χ4v) is 11.8. The Bertz CT molecular complexity index is 1110. The third-order valence-corrected chi connectivity index (χ3v) is 15.1. The summed E-state index contributed by atoms with van der Waals surface area (Å²) >= 11 is 0. The van der Waals surface area contributed by atoms with E-state index in [0.717, 1.165) is 26.1 Å². The van der Waals surface area contributed by atoms with E-state index < -0.39 is 7.26 Å². The van der Waals surface area contributed by atoms with Gasteiger partial charge in [0.1, 0.15) is 23.2 Å². The molecule has 0 unspecified atom stereocenters. The van der Waals surface area contributed by atoms with Crippen molar-refractivity contribution < 1.29 is 9.47 Å². The van der Waals surface area contributed by atoms with E-state index in [1.54, 1.807) is 0 Å². The van der Waals surface area contributed by atoms with Gasteiger partial charge in [-0.2, -0.15) is 0 Å². The fourth-order valence-electron chi connectivity index (χ4n) is 7.43. The first-order valence-electron chi connectivity index (χ1n) is 21.7. The van der Waals surface area contributed by atoms with Crippen LogP contribution in [0.5, 0.6) is 0 Å². The number of benzene rings is 3. The highest BCUT2D eigenvalue weighted by Crippen LogP contribution is 2.55. The smallest absolute Gasteiger partial charge is 0.157 e. The molecule has 0 saturated heterocycles. The first kappa shape index (κ1) is 44.1. The van der Waals surface area contributed by atoms with Crippen molar-refractivity contribution in [3.8, 4) is 0 Å². The fraction of sp³-hybridized carbons (Fsp3) is 0.592. The van der Waals surface area contributed by atoms with Gasteiger partial charge in [-0.25, -0.2) is 0 Å². The van der Waals surface area contributed by atoms with Crippen LogP contribution in [0.3, 0.4) is 0 Å². The maximum Gasteiger partial charge on any atom is 0.157 e. The molecular formula is C49H76O2P+. The Balaban J connectivity index is 1.38. The van der Waals surface area contributed by atoms with Gasteiger partial charge in [0.05, 0.1) is 6.16 Å². The molecule has 0 fully saturated rings. The molecule has 0 saturated carbocycles. The molecule has 0 aromatic heterocycles. The van der Waals surface area contributed by atoms with Gasteiger partial charge in [0.15, 0.2) is 6.29 Å². The molecular weight excluding hydrogens is 652 g/mol. The number of hydrogen-bond acceptors (Lipinski definition) is 2. The Kier molecular flexibility index (Phi) is 25.6. The quantitative estimate of drug-likeness (QED) is 0.0269. The number of allylic oxidation sites excluding steroid dienone is 2. The molecule has 0 radical (unpaired) electrons. The third-order valence-electron chi connectivity index (χ3n) is 10.5. The largest absolute Gasteiger partial charge is 0.353 e. The van der Waals surface area contributed by atoms with Gasteiger partial charge in [-0.05, 0) is 87.8 Å². The minimum absolute atomic E-state index is 0.0212. The highest BCUT2D eigenvalue weighted by molar-refractivity contribution is 7.95. The van der Waals surface area contributed by atoms with Crippen LogP contribution >= 0.6 is 7.26 Å². The molecule has 0 bridgehead atoms. The Hall–Kier alpha value is -2.25. The van der Waals surface area contributed by atoms with Crippen LogP contribution in [0.25, 0.3) is 0 Å². The lowest BCUT2D eigenvalue weighted by Crippen LogP contribution is -2.33. The molecule has 0 aliphatic carbocycles. The van der Waals surface area contributed by atoms with E-state index in [1.165, 1.54) is 157 Å². The predicted octanol–water partition coefficient (Wildman–Crippen LogP) is 13.9. The molecule has 0 aliphatic heterocycles. The van der Waals surface area contributed by atoms with E-state index in [1.807, 2.05) is 0 Å². The van der Waals surface area contributed by atoms with Gasteiger partial charge in [-0.15, -0.1) is 0 Å². The Labute approximate surface area is 321 Å². The van der Waals surface area contributed by atoms with Crippen LogP contribution in [0.1, 0.15) is 162 Å². The summed E-state index contributed by atoms with van der Waals surface area (Å²) in [5, 5.41) is 4.45. The zero-order valence-corrected chi connectivity index (χ0v) is 34.4. The Morgan fingerprint density at radius 2 is 0.788 bits per heavy atom. The van der Waals surface area contributed by atoms with Gasteiger partial charge in [0, 0.05) is 13.2 Å². The summed E-state index contributed by atoms with van der Waals surface area (Å²) in [5.74, 6) is 0. The highest BCUT2D eigenvalue weighted by atomic mass is 31.2. The van der Waals surface area contributed by atoms with E-state index in [-0.39, 0.29) is 6.29 Å². The van der Waals surface area contributed by atoms with Crippen LogP contribution in [-0.4, -0.2) is 25.7 Å². The third kappa shape index (κ3) is 18.2. The normalized spacial score (nSPS) is 12.0. The highest BCUT2D eigenvalue weighted by Gasteiger charge is 2.44. The monoisotopic (exact) mass is 728 g/mol. The predicted molar refractivity (Wildman–Crippen MR) is 232 cm³/mol. The van der Waals surface area contributed by atoms with Crippen LogP contribution < -0.4 is 15.9 Å². The van der Waals surface area contributed by atoms with E-state index >= 15 is 0 Å². The summed E-state index contributed by atoms with van der Waals surface area (Å²) in [6, 6.07) is 33.9. The van der Waals surface area contributed by atoms with Gasteiger partial charge in [0.2, 0.25) is 0 Å². The molecule has 3 rings (SSSR count). The van der Waals surface area contributed by atoms with Gasteiger partial charge >= 0.3 is 0 Å². The summed E-state index contributed by atoms with van der Waals surface area (Å²) in [4.78, 5) is 0. The molecule has 0 aliphatic rings. The summed E-state index contributed by atoms with van der Waals surface area (Å²) in [6.45, 7) is 6.28. The molecule has 3 heteroatoms. The molecule has 0 spiro atoms. The zero-order chi connectivity index (χ0) is 36.6. The second-order valence-corrected chi connectivity index (χ2v) is 18.5. The lowest BCUT2D eigenvalue weighted by atomic mass is 10.1. The van der Waals surface area contributed by atoms with Crippen molar-refractivity contribution in [2.24, 2.45) is 0 Å². The van der Waals surface area contributed by atoms with Crippen molar-refractivity contribution in [2.45, 2.75) is 168 Å². The first-order valence-corrected chi connectivity index (χ1v) is 23.7. The van der Waals surface area contributed by atoms with Crippen molar-refractivity contribution >= 4 is 23.2 Å². The minimum Gasteiger partial charge on any atom is -0.353 e. The molecule has 0 amide bonds. The van der Waals surface area contributed by atoms with E-state index in [0.29, 0.717) is 0 Å². The van der Waals surface area contributed by atoms with E-state index in [4.69, 9.17) is 9.47 Å². The van der Waals surface area contributed by atoms with Crippen molar-refractivity contribution in [1.82, 2.24) is 0 Å². The van der Waals surface area contributed by atoms with Crippen LogP contribution in [0.4, 0.5) is 0 Å². The summed E-state index contributed by atoms with van der Waals surface area (Å²) < 4.78 is 12.6. The van der Waals surface area contributed by atoms with Gasteiger partial charge in [-0.3, -0.25) is 0 Å². The molecule has 3 aromatic rings. The lowest BCUT2D eigenvalue weighted by Gasteiger charge is -2.27. The molecule has 0 heterocycles. The van der Waals surface area contributed by atoms with Crippen molar-refractivity contribution in [3.05, 3.63) is 103 Å². The Morgan fingerprint density at radius 3 is 1.21 bits per heavy atom. The van der Waals surface area contributed by atoms with Crippen LogP contribution in [0, 0.1) is 0 Å². The Morgan fingerprint density at radius 1 is 0.423 bits per heavy atom. The van der Waals surface area contributed by atoms with Gasteiger partial charge in [0.25, 0.3) is 0 Å². The van der Waals surface area contributed by atoms with Gasteiger partial charge < -0.3 is 9.47 Å². The van der Waals surface area contributed by atoms with Crippen LogP contribution in [-0.2, 0) is 9.47 Å². The van der Waals surface area contributed by atoms with Gasteiger partial charge in [-0.1, -0.05) is 177 Å². The minimum atomic E-state index is -1.73. The van der Waals surface area contributed by atoms with Crippen LogP contribution in [0.2, 0.25) is 0 Å². The first-order chi connectivity index (χ1) is 25.8. The molecule has 3 aromatic carbocycles. The number of rotatable bonds is 33. The SMILES string of the molecule is CCCCCCCCCCOC(CCCCCC=CCCC[P+](c1ccccc1)(c1ccccc1)c1ccccc1)OCCCCCCCCCC. The van der Waals surface area contributed by atoms with Crippen LogP contribution in [0.15, 0.2) is 103 Å². The standard InChI is InChI=1S/C49H76O2P/c1-3-5-7-9-11-16-20-33-43-50-49(51-44-34-21-17-12-10-8-6-4-2)42-32-19-15-13-14-18-22-35-45-52(46-36-26-23-27-37-46,47-38-28-24-29-39-47)48-40-30-25-31-41-48/h14,18,23-31,36-41,49H,3-13,15-17,19-22,32-35,42-45H2,1-2H3/q+1. The summed E-state index contributed by atoms with van der Waals surface area (Å²) in [6.07, 6.45) is 35.6. The lowest BCUT2D eigenvalue weighted by molar-refractivity contribution is -0.148. The number of ether oxygens (including phenoxy) is 2. The summed E-state index contributed by atoms with van der Waals surface area (Å²) in [5.41, 5.74) is 0. The second-order valence-electron chi connectivity index (χ2n) is 14.9. The topological polar surface area (TPSA) is 18.5 Å². The zero-order valence-electron chi connectivity index (χ0n) is 33.5. The molecule has 2 nitrogen and oxygen atoms in total. The maximum atomic E-state index is 6.32. The molecule has 0 atom stereocenters. The molecule has 52 heavy (non-hydrogen) atoms.